The van der Waals surface area contributed by atoms with Gasteiger partial charge in [0.25, 0.3) is 0 Å². The molecule has 0 bridgehead atoms. The third-order valence-electron chi connectivity index (χ3n) is 4.53. The lowest BCUT2D eigenvalue weighted by Gasteiger charge is -2.26. The summed E-state index contributed by atoms with van der Waals surface area (Å²) in [5.41, 5.74) is 1.12. The van der Waals surface area contributed by atoms with Crippen molar-refractivity contribution in [1.82, 2.24) is 10.3 Å². The second-order valence-corrected chi connectivity index (χ2v) is 6.01. The molecule has 2 atom stereocenters. The Morgan fingerprint density at radius 1 is 1.37 bits per heavy atom. The van der Waals surface area contributed by atoms with Crippen molar-refractivity contribution in [1.29, 1.82) is 0 Å². The van der Waals surface area contributed by atoms with Crippen molar-refractivity contribution in [3.63, 3.8) is 0 Å². The van der Waals surface area contributed by atoms with Gasteiger partial charge in [0, 0.05) is 18.0 Å². The summed E-state index contributed by atoms with van der Waals surface area (Å²) in [6.45, 7) is 3.92. The Morgan fingerprint density at radius 2 is 2.16 bits per heavy atom. The number of rotatable bonds is 1. The van der Waals surface area contributed by atoms with Crippen LogP contribution in [0.1, 0.15) is 44.4 Å². The van der Waals surface area contributed by atoms with E-state index >= 15 is 0 Å². The molecule has 2 heterocycles. The number of halogens is 1. The first-order valence-corrected chi connectivity index (χ1v) is 7.15. The van der Waals surface area contributed by atoms with E-state index in [1.807, 2.05) is 0 Å². The molecule has 1 saturated carbocycles. The van der Waals surface area contributed by atoms with E-state index in [4.69, 9.17) is 4.74 Å². The van der Waals surface area contributed by atoms with Gasteiger partial charge in [0.1, 0.15) is 11.9 Å². The number of hydrogen-bond acceptors (Lipinski definition) is 3. The highest BCUT2D eigenvalue weighted by molar-refractivity contribution is 5.11. The average molecular weight is 264 g/mol. The average Bonchev–Trinajstić information content (AvgIpc) is 2.81. The molecular weight excluding hydrogens is 243 g/mol. The molecule has 1 spiro atoms. The van der Waals surface area contributed by atoms with Crippen LogP contribution in [0.25, 0.3) is 0 Å². The zero-order chi connectivity index (χ0) is 13.3. The molecule has 3 rings (SSSR count). The van der Waals surface area contributed by atoms with E-state index in [1.54, 1.807) is 6.07 Å². The third kappa shape index (κ3) is 2.65. The fraction of sp³-hybridized carbons (Fsp3) is 0.667. The number of nitrogens with zero attached hydrogens (tertiary/aromatic N) is 1. The molecule has 1 aliphatic heterocycles. The van der Waals surface area contributed by atoms with Gasteiger partial charge in [0.05, 0.1) is 18.5 Å². The number of nitrogens with one attached hydrogen (secondary N) is 1. The summed E-state index contributed by atoms with van der Waals surface area (Å²) in [6, 6.07) is 3.39. The van der Waals surface area contributed by atoms with Crippen LogP contribution in [0.15, 0.2) is 18.3 Å². The largest absolute Gasteiger partial charge is 0.370 e. The van der Waals surface area contributed by atoms with Crippen LogP contribution in [0.5, 0.6) is 0 Å². The predicted octanol–water partition coefficient (Wildman–Crippen LogP) is 2.83. The van der Waals surface area contributed by atoms with E-state index in [0.717, 1.165) is 18.8 Å². The normalized spacial score (nSPS) is 30.4. The van der Waals surface area contributed by atoms with Crippen LogP contribution in [-0.2, 0) is 4.74 Å². The third-order valence-corrected chi connectivity index (χ3v) is 4.53. The minimum Gasteiger partial charge on any atom is -0.370 e. The number of hydrogen-bond donors (Lipinski definition) is 1. The molecule has 2 unspecified atom stereocenters. The molecular formula is C15H21FN2O. The predicted molar refractivity (Wildman–Crippen MR) is 71.3 cm³/mol. The van der Waals surface area contributed by atoms with Crippen molar-refractivity contribution >= 4 is 0 Å². The molecule has 1 aliphatic carbocycles. The summed E-state index contributed by atoms with van der Waals surface area (Å²) in [5.74, 6) is -0.301. The smallest absolute Gasteiger partial charge is 0.141 e. The van der Waals surface area contributed by atoms with E-state index in [1.165, 1.54) is 37.9 Å². The lowest BCUT2D eigenvalue weighted by Crippen LogP contribution is -2.37. The Balaban J connectivity index is 1.77. The summed E-state index contributed by atoms with van der Waals surface area (Å²) in [7, 11) is 0. The van der Waals surface area contributed by atoms with E-state index in [2.05, 4.69) is 17.2 Å². The van der Waals surface area contributed by atoms with Crippen LogP contribution in [0, 0.1) is 11.2 Å². The highest BCUT2D eigenvalue weighted by Gasteiger charge is 2.39. The summed E-state index contributed by atoms with van der Waals surface area (Å²) >= 11 is 0. The molecule has 1 aromatic rings. The van der Waals surface area contributed by atoms with E-state index < -0.39 is 0 Å². The maximum Gasteiger partial charge on any atom is 0.141 e. The van der Waals surface area contributed by atoms with Crippen molar-refractivity contribution in [3.05, 3.63) is 29.8 Å². The van der Waals surface area contributed by atoms with Gasteiger partial charge in [-0.2, -0.15) is 0 Å². The van der Waals surface area contributed by atoms with Crippen molar-refractivity contribution < 1.29 is 9.13 Å². The van der Waals surface area contributed by atoms with Crippen LogP contribution in [0.4, 0.5) is 4.39 Å². The van der Waals surface area contributed by atoms with Gasteiger partial charge >= 0.3 is 0 Å². The molecule has 19 heavy (non-hydrogen) atoms. The highest BCUT2D eigenvalue weighted by atomic mass is 19.1. The standard InChI is InChI=1S/C15H21FN2O/c1-11-14(13-5-4-12(16)8-17-13)19-10-15(9-18-11)6-2-3-7-15/h4-5,8,11,14,18H,2-3,6-7,9-10H2,1H3. The van der Waals surface area contributed by atoms with Crippen LogP contribution < -0.4 is 5.32 Å². The summed E-state index contributed by atoms with van der Waals surface area (Å²) < 4.78 is 19.1. The summed E-state index contributed by atoms with van der Waals surface area (Å²) in [4.78, 5) is 4.17. The van der Waals surface area contributed by atoms with Crippen LogP contribution in [0.2, 0.25) is 0 Å². The summed E-state index contributed by atoms with van der Waals surface area (Å²) in [5, 5.41) is 3.58. The van der Waals surface area contributed by atoms with Gasteiger partial charge in [-0.15, -0.1) is 0 Å². The van der Waals surface area contributed by atoms with Crippen molar-refractivity contribution in [2.45, 2.75) is 44.8 Å². The fourth-order valence-electron chi connectivity index (χ4n) is 3.29. The maximum absolute atomic E-state index is 13.0. The highest BCUT2D eigenvalue weighted by Crippen LogP contribution is 2.41. The second kappa shape index (κ2) is 5.17. The Labute approximate surface area is 113 Å². The molecule has 0 aromatic carbocycles. The van der Waals surface area contributed by atoms with Crippen molar-refractivity contribution in [2.75, 3.05) is 13.2 Å². The molecule has 0 amide bonds. The number of pyridine rings is 1. The number of ether oxygens (including phenoxy) is 1. The zero-order valence-electron chi connectivity index (χ0n) is 11.4. The lowest BCUT2D eigenvalue weighted by atomic mass is 9.87. The van der Waals surface area contributed by atoms with E-state index in [0.29, 0.717) is 5.41 Å². The first-order valence-electron chi connectivity index (χ1n) is 7.15. The van der Waals surface area contributed by atoms with Crippen LogP contribution >= 0.6 is 0 Å². The zero-order valence-corrected chi connectivity index (χ0v) is 11.4. The van der Waals surface area contributed by atoms with Gasteiger partial charge in [-0.1, -0.05) is 12.8 Å². The minimum absolute atomic E-state index is 0.0828. The Morgan fingerprint density at radius 3 is 2.84 bits per heavy atom. The molecule has 0 radical (unpaired) electrons. The molecule has 4 heteroatoms. The quantitative estimate of drug-likeness (QED) is 0.847. The number of aromatic nitrogens is 1. The van der Waals surface area contributed by atoms with Crippen LogP contribution in [0.3, 0.4) is 0 Å². The lowest BCUT2D eigenvalue weighted by molar-refractivity contribution is 0.00189. The molecule has 1 saturated heterocycles. The van der Waals surface area contributed by atoms with Crippen LogP contribution in [-0.4, -0.2) is 24.2 Å². The Hall–Kier alpha value is -1.00. The second-order valence-electron chi connectivity index (χ2n) is 6.01. The molecule has 104 valence electrons. The van der Waals surface area contributed by atoms with E-state index in [9.17, 15) is 4.39 Å². The van der Waals surface area contributed by atoms with Gasteiger partial charge in [0.15, 0.2) is 0 Å². The molecule has 1 aromatic heterocycles. The monoisotopic (exact) mass is 264 g/mol. The maximum atomic E-state index is 13.0. The topological polar surface area (TPSA) is 34.1 Å². The molecule has 2 fully saturated rings. The molecule has 2 aliphatic rings. The minimum atomic E-state index is -0.301. The molecule has 1 N–H and O–H groups in total. The van der Waals surface area contributed by atoms with Gasteiger partial charge < -0.3 is 10.1 Å². The molecule has 3 nitrogen and oxygen atoms in total. The fourth-order valence-corrected chi connectivity index (χ4v) is 3.29. The van der Waals surface area contributed by atoms with Gasteiger partial charge in [-0.05, 0) is 31.9 Å². The van der Waals surface area contributed by atoms with Gasteiger partial charge in [-0.3, -0.25) is 4.98 Å². The Bertz CT molecular complexity index is 428. The van der Waals surface area contributed by atoms with Gasteiger partial charge in [0.2, 0.25) is 0 Å². The Kier molecular flexibility index (Phi) is 3.54. The van der Waals surface area contributed by atoms with Crippen molar-refractivity contribution in [3.8, 4) is 0 Å². The van der Waals surface area contributed by atoms with E-state index in [-0.39, 0.29) is 18.0 Å². The van der Waals surface area contributed by atoms with Crippen molar-refractivity contribution in [2.24, 2.45) is 5.41 Å². The first-order chi connectivity index (χ1) is 9.19. The summed E-state index contributed by atoms with van der Waals surface area (Å²) in [6.07, 6.45) is 6.28. The first kappa shape index (κ1) is 13.0. The van der Waals surface area contributed by atoms with Gasteiger partial charge in [-0.25, -0.2) is 4.39 Å². The SMILES string of the molecule is CC1NCC2(CCCC2)COC1c1ccc(F)cn1.